The summed E-state index contributed by atoms with van der Waals surface area (Å²) in [5.74, 6) is 0. The van der Waals surface area contributed by atoms with E-state index in [0.717, 1.165) is 25.7 Å². The summed E-state index contributed by atoms with van der Waals surface area (Å²) in [5, 5.41) is 3.09. The Morgan fingerprint density at radius 3 is 2.53 bits per heavy atom. The highest BCUT2D eigenvalue weighted by Gasteiger charge is 2.27. The maximum absolute atomic E-state index is 11.7. The highest BCUT2D eigenvalue weighted by Crippen LogP contribution is 2.25. The fraction of sp³-hybridized carbons (Fsp3) is 1.00. The van der Waals surface area contributed by atoms with Gasteiger partial charge in [-0.15, -0.1) is 0 Å². The summed E-state index contributed by atoms with van der Waals surface area (Å²) in [5.41, 5.74) is 0. The van der Waals surface area contributed by atoms with Crippen LogP contribution < -0.4 is 5.32 Å². The predicted octanol–water partition coefficient (Wildman–Crippen LogP) is 1.64. The van der Waals surface area contributed by atoms with Crippen molar-refractivity contribution in [2.75, 3.05) is 39.4 Å². The second kappa shape index (κ2) is 7.18. The number of likely N-dealkylation sites (N-methyl/N-ethyl adjacent to an activating group) is 1. The largest absolute Gasteiger partial charge is 0.411 e. The molecule has 0 unspecified atom stereocenters. The second-order valence-electron chi connectivity index (χ2n) is 4.28. The Hall–Kier alpha value is -0.330. The highest BCUT2D eigenvalue weighted by molar-refractivity contribution is 4.83. The first-order valence-corrected chi connectivity index (χ1v) is 6.12. The molecule has 0 bridgehead atoms. The molecule has 0 aromatic rings. The quantitative estimate of drug-likeness (QED) is 0.633. The van der Waals surface area contributed by atoms with E-state index in [2.05, 4.69) is 21.9 Å². The van der Waals surface area contributed by atoms with E-state index in [1.807, 2.05) is 0 Å². The van der Waals surface area contributed by atoms with Gasteiger partial charge in [-0.25, -0.2) is 0 Å². The first kappa shape index (κ1) is 14.7. The van der Waals surface area contributed by atoms with Crippen LogP contribution in [0.15, 0.2) is 0 Å². The Morgan fingerprint density at radius 1 is 1.29 bits per heavy atom. The van der Waals surface area contributed by atoms with Crippen molar-refractivity contribution in [3.05, 3.63) is 0 Å². The molecule has 3 nitrogen and oxygen atoms in total. The number of alkyl halides is 3. The van der Waals surface area contributed by atoms with Gasteiger partial charge in [-0.05, 0) is 19.4 Å². The summed E-state index contributed by atoms with van der Waals surface area (Å²) in [7, 11) is 0. The smallest absolute Gasteiger partial charge is 0.371 e. The van der Waals surface area contributed by atoms with Gasteiger partial charge in [-0.1, -0.05) is 6.92 Å². The fourth-order valence-electron chi connectivity index (χ4n) is 1.72. The van der Waals surface area contributed by atoms with Crippen molar-refractivity contribution in [3.8, 4) is 0 Å². The maximum Gasteiger partial charge on any atom is 0.411 e. The number of nitrogens with one attached hydrogen (secondary N) is 1. The lowest BCUT2D eigenvalue weighted by Crippen LogP contribution is -2.35. The zero-order valence-corrected chi connectivity index (χ0v) is 10.2. The lowest BCUT2D eigenvalue weighted by molar-refractivity contribution is -0.173. The number of hydrogen-bond donors (Lipinski definition) is 1. The van der Waals surface area contributed by atoms with E-state index in [1.54, 1.807) is 0 Å². The normalized spacial score (nSPS) is 16.8. The van der Waals surface area contributed by atoms with Gasteiger partial charge >= 0.3 is 6.18 Å². The van der Waals surface area contributed by atoms with Crippen LogP contribution >= 0.6 is 0 Å². The molecule has 0 heterocycles. The van der Waals surface area contributed by atoms with Crippen LogP contribution in [0.25, 0.3) is 0 Å². The SMILES string of the molecule is CCN(CCNCCOCC(F)(F)F)C1CC1. The van der Waals surface area contributed by atoms with Crippen molar-refractivity contribution in [2.45, 2.75) is 32.0 Å². The molecule has 0 radical (unpaired) electrons. The third kappa shape index (κ3) is 7.57. The molecule has 1 rings (SSSR count). The Labute approximate surface area is 100 Å². The van der Waals surface area contributed by atoms with Crippen LogP contribution in [-0.2, 0) is 4.74 Å². The molecule has 0 aromatic carbocycles. The molecule has 6 heteroatoms. The standard InChI is InChI=1S/C11H21F3N2O/c1-2-16(10-3-4-10)7-5-15-6-8-17-9-11(12,13)14/h10,15H,2-9H2,1H3. The fourth-order valence-corrected chi connectivity index (χ4v) is 1.72. The molecule has 1 fully saturated rings. The van der Waals surface area contributed by atoms with Gasteiger partial charge in [0.2, 0.25) is 0 Å². The zero-order valence-electron chi connectivity index (χ0n) is 10.2. The van der Waals surface area contributed by atoms with Crippen molar-refractivity contribution in [2.24, 2.45) is 0 Å². The number of halogens is 3. The van der Waals surface area contributed by atoms with Crippen molar-refractivity contribution in [1.82, 2.24) is 10.2 Å². The minimum Gasteiger partial charge on any atom is -0.371 e. The number of hydrogen-bond acceptors (Lipinski definition) is 3. The molecular weight excluding hydrogens is 233 g/mol. The highest BCUT2D eigenvalue weighted by atomic mass is 19.4. The monoisotopic (exact) mass is 254 g/mol. The van der Waals surface area contributed by atoms with Crippen molar-refractivity contribution < 1.29 is 17.9 Å². The molecule has 0 amide bonds. The number of rotatable bonds is 9. The Morgan fingerprint density at radius 2 is 2.00 bits per heavy atom. The average molecular weight is 254 g/mol. The van der Waals surface area contributed by atoms with Crippen molar-refractivity contribution >= 4 is 0 Å². The van der Waals surface area contributed by atoms with Gasteiger partial charge in [-0.2, -0.15) is 13.2 Å². The summed E-state index contributed by atoms with van der Waals surface area (Å²) in [4.78, 5) is 2.39. The Kier molecular flexibility index (Phi) is 6.22. The van der Waals surface area contributed by atoms with E-state index >= 15 is 0 Å². The molecule has 0 saturated heterocycles. The van der Waals surface area contributed by atoms with E-state index < -0.39 is 12.8 Å². The summed E-state index contributed by atoms with van der Waals surface area (Å²) in [6.45, 7) is 4.35. The topological polar surface area (TPSA) is 24.5 Å². The second-order valence-corrected chi connectivity index (χ2v) is 4.28. The Balaban J connectivity index is 1.87. The van der Waals surface area contributed by atoms with Crippen LogP contribution in [0.5, 0.6) is 0 Å². The van der Waals surface area contributed by atoms with E-state index in [0.29, 0.717) is 6.54 Å². The molecule has 102 valence electrons. The van der Waals surface area contributed by atoms with Crippen LogP contribution in [0, 0.1) is 0 Å². The average Bonchev–Trinajstić information content (AvgIpc) is 3.04. The van der Waals surface area contributed by atoms with Gasteiger partial charge in [0, 0.05) is 25.7 Å². The van der Waals surface area contributed by atoms with Gasteiger partial charge in [0.1, 0.15) is 6.61 Å². The molecule has 0 aliphatic heterocycles. The van der Waals surface area contributed by atoms with Crippen LogP contribution in [0.3, 0.4) is 0 Å². The third-order valence-electron chi connectivity index (χ3n) is 2.73. The van der Waals surface area contributed by atoms with Crippen LogP contribution in [0.4, 0.5) is 13.2 Å². The summed E-state index contributed by atoms with van der Waals surface area (Å²) in [6, 6.07) is 0.739. The van der Waals surface area contributed by atoms with Crippen molar-refractivity contribution in [1.29, 1.82) is 0 Å². The van der Waals surface area contributed by atoms with Gasteiger partial charge in [0.15, 0.2) is 0 Å². The van der Waals surface area contributed by atoms with E-state index in [-0.39, 0.29) is 6.61 Å². The van der Waals surface area contributed by atoms with Gasteiger partial charge in [-0.3, -0.25) is 4.90 Å². The zero-order chi connectivity index (χ0) is 12.7. The number of nitrogens with zero attached hydrogens (tertiary/aromatic N) is 1. The predicted molar refractivity (Wildman–Crippen MR) is 60.0 cm³/mol. The van der Waals surface area contributed by atoms with Crippen LogP contribution in [0.2, 0.25) is 0 Å². The molecule has 1 N–H and O–H groups in total. The van der Waals surface area contributed by atoms with Gasteiger partial charge in [0.25, 0.3) is 0 Å². The molecule has 0 aromatic heterocycles. The Bertz CT molecular complexity index is 207. The molecular formula is C11H21F3N2O. The van der Waals surface area contributed by atoms with Crippen molar-refractivity contribution in [3.63, 3.8) is 0 Å². The van der Waals surface area contributed by atoms with Gasteiger partial charge < -0.3 is 10.1 Å². The summed E-state index contributed by atoms with van der Waals surface area (Å²) in [6.07, 6.45) is -1.66. The first-order chi connectivity index (χ1) is 8.03. The lowest BCUT2D eigenvalue weighted by Gasteiger charge is -2.19. The minimum absolute atomic E-state index is 0.106. The van der Waals surface area contributed by atoms with E-state index in [4.69, 9.17) is 0 Å². The molecule has 0 spiro atoms. The molecule has 0 atom stereocenters. The maximum atomic E-state index is 11.7. The molecule has 1 aliphatic carbocycles. The first-order valence-electron chi connectivity index (χ1n) is 6.12. The van der Waals surface area contributed by atoms with Crippen LogP contribution in [-0.4, -0.2) is 56.5 Å². The minimum atomic E-state index is -4.22. The third-order valence-corrected chi connectivity index (χ3v) is 2.73. The van der Waals surface area contributed by atoms with Gasteiger partial charge in [0.05, 0.1) is 6.61 Å². The molecule has 17 heavy (non-hydrogen) atoms. The summed E-state index contributed by atoms with van der Waals surface area (Å²) >= 11 is 0. The van der Waals surface area contributed by atoms with Crippen LogP contribution in [0.1, 0.15) is 19.8 Å². The number of ether oxygens (including phenoxy) is 1. The van der Waals surface area contributed by atoms with E-state index in [1.165, 1.54) is 12.8 Å². The lowest BCUT2D eigenvalue weighted by atomic mass is 10.4. The molecule has 1 saturated carbocycles. The van der Waals surface area contributed by atoms with E-state index in [9.17, 15) is 13.2 Å². The molecule has 1 aliphatic rings. The summed E-state index contributed by atoms with van der Waals surface area (Å²) < 4.78 is 39.7.